The van der Waals surface area contributed by atoms with Gasteiger partial charge in [0.1, 0.15) is 5.60 Å². The summed E-state index contributed by atoms with van der Waals surface area (Å²) < 4.78 is 0. The average Bonchev–Trinajstić information content (AvgIpc) is 2.57. The van der Waals surface area contributed by atoms with Crippen molar-refractivity contribution in [1.29, 1.82) is 0 Å². The van der Waals surface area contributed by atoms with Crippen LogP contribution >= 0.6 is 11.6 Å². The van der Waals surface area contributed by atoms with Gasteiger partial charge >= 0.3 is 5.97 Å². The van der Waals surface area contributed by atoms with Gasteiger partial charge in [-0.15, -0.1) is 0 Å². The maximum atomic E-state index is 11.2. The molecule has 0 radical (unpaired) electrons. The maximum Gasteiger partial charge on any atom is 0.309 e. The molecule has 0 saturated heterocycles. The number of rotatable bonds is 3. The standard InChI is InChI=1S/C12H14ClNO3/c1-2-8(11(15)16)12(17)6-14-10-5-7(13)3-4-9(10)12/h3-5,8,14,17H,2,6H2,1H3,(H,15,16). The van der Waals surface area contributed by atoms with Crippen LogP contribution in [0.5, 0.6) is 0 Å². The zero-order valence-corrected chi connectivity index (χ0v) is 10.2. The highest BCUT2D eigenvalue weighted by Crippen LogP contribution is 2.42. The molecule has 1 aliphatic heterocycles. The van der Waals surface area contributed by atoms with Gasteiger partial charge in [-0.05, 0) is 18.6 Å². The number of fused-ring (bicyclic) bond motifs is 1. The van der Waals surface area contributed by atoms with E-state index in [-0.39, 0.29) is 6.54 Å². The molecule has 2 rings (SSSR count). The van der Waals surface area contributed by atoms with Crippen LogP contribution in [0.2, 0.25) is 5.02 Å². The molecule has 1 aromatic rings. The number of carboxylic acids is 1. The van der Waals surface area contributed by atoms with E-state index in [9.17, 15) is 9.90 Å². The second-order valence-corrected chi connectivity index (χ2v) is 4.70. The Labute approximate surface area is 104 Å². The molecule has 1 heterocycles. The van der Waals surface area contributed by atoms with Crippen molar-refractivity contribution in [2.24, 2.45) is 5.92 Å². The van der Waals surface area contributed by atoms with Crippen molar-refractivity contribution in [3.63, 3.8) is 0 Å². The summed E-state index contributed by atoms with van der Waals surface area (Å²) in [6.45, 7) is 1.96. The number of aliphatic carboxylic acids is 1. The predicted octanol–water partition coefficient (Wildman–Crippen LogP) is 2.06. The third-order valence-electron chi connectivity index (χ3n) is 3.28. The molecule has 1 aromatic carbocycles. The predicted molar refractivity (Wildman–Crippen MR) is 65.3 cm³/mol. The number of aliphatic hydroxyl groups is 1. The Balaban J connectivity index is 2.46. The molecular weight excluding hydrogens is 242 g/mol. The van der Waals surface area contributed by atoms with E-state index in [0.717, 1.165) is 0 Å². The molecular formula is C12H14ClNO3. The molecule has 0 spiro atoms. The van der Waals surface area contributed by atoms with Gasteiger partial charge in [0, 0.05) is 22.8 Å². The smallest absolute Gasteiger partial charge is 0.309 e. The summed E-state index contributed by atoms with van der Waals surface area (Å²) in [5, 5.41) is 23.3. The van der Waals surface area contributed by atoms with E-state index in [1.165, 1.54) is 0 Å². The van der Waals surface area contributed by atoms with E-state index in [1.54, 1.807) is 25.1 Å². The number of benzene rings is 1. The lowest BCUT2D eigenvalue weighted by Gasteiger charge is -2.28. The summed E-state index contributed by atoms with van der Waals surface area (Å²) in [6.07, 6.45) is 0.371. The molecule has 0 fully saturated rings. The summed E-state index contributed by atoms with van der Waals surface area (Å²) in [6, 6.07) is 5.04. The Morgan fingerprint density at radius 3 is 2.94 bits per heavy atom. The van der Waals surface area contributed by atoms with Crippen LogP contribution in [0.1, 0.15) is 18.9 Å². The molecule has 2 atom stereocenters. The minimum Gasteiger partial charge on any atom is -0.481 e. The number of carboxylic acid groups (broad SMARTS) is 1. The monoisotopic (exact) mass is 255 g/mol. The quantitative estimate of drug-likeness (QED) is 0.773. The van der Waals surface area contributed by atoms with Gasteiger partial charge in [-0.25, -0.2) is 0 Å². The highest BCUT2D eigenvalue weighted by atomic mass is 35.5. The van der Waals surface area contributed by atoms with E-state index in [4.69, 9.17) is 16.7 Å². The topological polar surface area (TPSA) is 69.6 Å². The van der Waals surface area contributed by atoms with Gasteiger partial charge in [0.25, 0.3) is 0 Å². The molecule has 0 aliphatic carbocycles. The number of carbonyl (C=O) groups is 1. The summed E-state index contributed by atoms with van der Waals surface area (Å²) in [4.78, 5) is 11.2. The van der Waals surface area contributed by atoms with Crippen molar-refractivity contribution in [1.82, 2.24) is 0 Å². The third kappa shape index (κ3) is 1.87. The molecule has 0 bridgehead atoms. The van der Waals surface area contributed by atoms with Crippen molar-refractivity contribution in [2.45, 2.75) is 18.9 Å². The highest BCUT2D eigenvalue weighted by Gasteiger charge is 2.46. The second-order valence-electron chi connectivity index (χ2n) is 4.27. The summed E-state index contributed by atoms with van der Waals surface area (Å²) >= 11 is 5.85. The fourth-order valence-electron chi connectivity index (χ4n) is 2.39. The van der Waals surface area contributed by atoms with E-state index >= 15 is 0 Å². The van der Waals surface area contributed by atoms with Crippen LogP contribution < -0.4 is 5.32 Å². The first-order chi connectivity index (χ1) is 7.99. The lowest BCUT2D eigenvalue weighted by atomic mass is 9.81. The molecule has 0 amide bonds. The number of β-amino-alcohol motifs (C(OH)–C–C–N with tert-alkyl or cyclic N) is 1. The van der Waals surface area contributed by atoms with Gasteiger partial charge in [-0.3, -0.25) is 4.79 Å². The van der Waals surface area contributed by atoms with E-state index < -0.39 is 17.5 Å². The third-order valence-corrected chi connectivity index (χ3v) is 3.51. The number of anilines is 1. The lowest BCUT2D eigenvalue weighted by molar-refractivity contribution is -0.151. The number of halogens is 1. The van der Waals surface area contributed by atoms with E-state index in [2.05, 4.69) is 5.32 Å². The number of hydrogen-bond acceptors (Lipinski definition) is 3. The minimum atomic E-state index is -1.36. The lowest BCUT2D eigenvalue weighted by Crippen LogP contribution is -2.41. The summed E-state index contributed by atoms with van der Waals surface area (Å²) in [7, 11) is 0. The average molecular weight is 256 g/mol. The molecule has 3 N–H and O–H groups in total. The molecule has 0 saturated carbocycles. The SMILES string of the molecule is CCC(C(=O)O)C1(O)CNc2cc(Cl)ccc21. The molecule has 1 aliphatic rings. The van der Waals surface area contributed by atoms with Crippen LogP contribution in [-0.4, -0.2) is 22.7 Å². The molecule has 4 nitrogen and oxygen atoms in total. The molecule has 92 valence electrons. The Kier molecular flexibility index (Phi) is 3.02. The number of nitrogens with one attached hydrogen (secondary N) is 1. The van der Waals surface area contributed by atoms with E-state index in [1.807, 2.05) is 0 Å². The van der Waals surface area contributed by atoms with Gasteiger partial charge < -0.3 is 15.5 Å². The number of hydrogen-bond donors (Lipinski definition) is 3. The Hall–Kier alpha value is -1.26. The fraction of sp³-hybridized carbons (Fsp3) is 0.417. The Morgan fingerprint density at radius 2 is 2.35 bits per heavy atom. The minimum absolute atomic E-state index is 0.202. The van der Waals surface area contributed by atoms with Gasteiger partial charge in [-0.1, -0.05) is 24.6 Å². The Bertz CT molecular complexity index is 463. The van der Waals surface area contributed by atoms with Gasteiger partial charge in [-0.2, -0.15) is 0 Å². The first kappa shape index (κ1) is 12.2. The van der Waals surface area contributed by atoms with Crippen LogP contribution in [0, 0.1) is 5.92 Å². The van der Waals surface area contributed by atoms with Crippen molar-refractivity contribution in [3.8, 4) is 0 Å². The zero-order valence-electron chi connectivity index (χ0n) is 9.40. The van der Waals surface area contributed by atoms with Crippen LogP contribution in [0.4, 0.5) is 5.69 Å². The maximum absolute atomic E-state index is 11.2. The van der Waals surface area contributed by atoms with Gasteiger partial charge in [0.15, 0.2) is 0 Å². The highest BCUT2D eigenvalue weighted by molar-refractivity contribution is 6.30. The van der Waals surface area contributed by atoms with Gasteiger partial charge in [0.2, 0.25) is 0 Å². The van der Waals surface area contributed by atoms with Crippen LogP contribution in [0.3, 0.4) is 0 Å². The van der Waals surface area contributed by atoms with Crippen molar-refractivity contribution in [3.05, 3.63) is 28.8 Å². The van der Waals surface area contributed by atoms with Crippen LogP contribution in [-0.2, 0) is 10.4 Å². The van der Waals surface area contributed by atoms with Gasteiger partial charge in [0.05, 0.1) is 5.92 Å². The summed E-state index contributed by atoms with van der Waals surface area (Å²) in [5.41, 5.74) is -0.0450. The second kappa shape index (κ2) is 4.20. The largest absolute Gasteiger partial charge is 0.481 e. The zero-order chi connectivity index (χ0) is 12.6. The summed E-state index contributed by atoms with van der Waals surface area (Å²) in [5.74, 6) is -1.81. The Morgan fingerprint density at radius 1 is 1.65 bits per heavy atom. The fourth-order valence-corrected chi connectivity index (χ4v) is 2.57. The van der Waals surface area contributed by atoms with Crippen molar-refractivity contribution < 1.29 is 15.0 Å². The first-order valence-electron chi connectivity index (χ1n) is 5.48. The van der Waals surface area contributed by atoms with Crippen molar-refractivity contribution >= 4 is 23.3 Å². The van der Waals surface area contributed by atoms with Crippen LogP contribution in [0.25, 0.3) is 0 Å². The first-order valence-corrected chi connectivity index (χ1v) is 5.86. The molecule has 0 aromatic heterocycles. The van der Waals surface area contributed by atoms with Crippen LogP contribution in [0.15, 0.2) is 18.2 Å². The van der Waals surface area contributed by atoms with E-state index in [0.29, 0.717) is 22.7 Å². The molecule has 5 heteroatoms. The molecule has 17 heavy (non-hydrogen) atoms. The molecule has 2 unspecified atom stereocenters. The van der Waals surface area contributed by atoms with Crippen molar-refractivity contribution in [2.75, 3.05) is 11.9 Å². The normalized spacial score (nSPS) is 23.9.